The second kappa shape index (κ2) is 4.74. The van der Waals surface area contributed by atoms with Crippen LogP contribution in [0, 0.1) is 13.8 Å². The summed E-state index contributed by atoms with van der Waals surface area (Å²) in [6, 6.07) is 11.0. The minimum atomic E-state index is -0.237. The first-order valence-corrected chi connectivity index (χ1v) is 6.80. The summed E-state index contributed by atoms with van der Waals surface area (Å²) in [5.74, 6) is -0.473. The number of rotatable bonds is 2. The highest BCUT2D eigenvalue weighted by atomic mass is 16.2. The van der Waals surface area contributed by atoms with Crippen LogP contribution in [0.5, 0.6) is 0 Å². The van der Waals surface area contributed by atoms with Crippen LogP contribution in [-0.2, 0) is 6.54 Å². The molecule has 4 nitrogen and oxygen atoms in total. The van der Waals surface area contributed by atoms with Gasteiger partial charge in [-0.05, 0) is 36.6 Å². The number of amides is 2. The van der Waals surface area contributed by atoms with Crippen LogP contribution in [0.2, 0.25) is 0 Å². The molecule has 0 atom stereocenters. The summed E-state index contributed by atoms with van der Waals surface area (Å²) in [6.45, 7) is 3.91. The fourth-order valence-corrected chi connectivity index (χ4v) is 2.72. The maximum Gasteiger partial charge on any atom is 0.262 e. The number of para-hydroxylation sites is 1. The van der Waals surface area contributed by atoms with Gasteiger partial charge in [0.2, 0.25) is 0 Å². The standard InChI is InChI=1S/C17H16N2O2/c1-10-7-8-11(2)15-14(10)16(20)19(17(15)21)9-12-5-3-4-6-13(12)18/h3-8H,9,18H2,1-2H3. The van der Waals surface area contributed by atoms with E-state index in [4.69, 9.17) is 5.73 Å². The predicted molar refractivity (Wildman–Crippen MR) is 81.0 cm³/mol. The van der Waals surface area contributed by atoms with Crippen LogP contribution in [0.3, 0.4) is 0 Å². The average Bonchev–Trinajstić information content (AvgIpc) is 2.71. The molecule has 0 aromatic heterocycles. The summed E-state index contributed by atoms with van der Waals surface area (Å²) in [5.41, 5.74) is 9.98. The van der Waals surface area contributed by atoms with E-state index in [2.05, 4.69) is 0 Å². The molecule has 3 rings (SSSR count). The largest absolute Gasteiger partial charge is 0.398 e. The Morgan fingerprint density at radius 3 is 1.95 bits per heavy atom. The molecule has 2 aromatic carbocycles. The molecule has 2 amide bonds. The predicted octanol–water partition coefficient (Wildman–Crippen LogP) is 2.68. The Hall–Kier alpha value is -2.62. The first kappa shape index (κ1) is 13.4. The molecule has 21 heavy (non-hydrogen) atoms. The molecule has 0 radical (unpaired) electrons. The molecule has 2 N–H and O–H groups in total. The van der Waals surface area contributed by atoms with Crippen molar-refractivity contribution in [2.24, 2.45) is 0 Å². The van der Waals surface area contributed by atoms with E-state index in [9.17, 15) is 9.59 Å². The van der Waals surface area contributed by atoms with Crippen molar-refractivity contribution in [1.29, 1.82) is 0 Å². The highest BCUT2D eigenvalue weighted by Crippen LogP contribution is 2.30. The summed E-state index contributed by atoms with van der Waals surface area (Å²) in [5, 5.41) is 0. The third kappa shape index (κ3) is 2.00. The van der Waals surface area contributed by atoms with Crippen molar-refractivity contribution in [3.63, 3.8) is 0 Å². The topological polar surface area (TPSA) is 63.4 Å². The van der Waals surface area contributed by atoms with Crippen molar-refractivity contribution >= 4 is 17.5 Å². The number of nitrogen functional groups attached to an aromatic ring is 1. The first-order valence-electron chi connectivity index (χ1n) is 6.80. The zero-order valence-corrected chi connectivity index (χ0v) is 12.0. The molecular formula is C17H16N2O2. The molecule has 0 fully saturated rings. The summed E-state index contributed by atoms with van der Waals surface area (Å²) in [7, 11) is 0. The van der Waals surface area contributed by atoms with E-state index >= 15 is 0 Å². The van der Waals surface area contributed by atoms with Gasteiger partial charge in [-0.15, -0.1) is 0 Å². The van der Waals surface area contributed by atoms with Gasteiger partial charge in [-0.2, -0.15) is 0 Å². The van der Waals surface area contributed by atoms with Crippen LogP contribution in [0.4, 0.5) is 5.69 Å². The number of anilines is 1. The van der Waals surface area contributed by atoms with Gasteiger partial charge in [-0.1, -0.05) is 30.3 Å². The van der Waals surface area contributed by atoms with Gasteiger partial charge in [0.1, 0.15) is 0 Å². The summed E-state index contributed by atoms with van der Waals surface area (Å²) in [4.78, 5) is 26.4. The molecule has 4 heteroatoms. The molecule has 2 aromatic rings. The number of hydrogen-bond donors (Lipinski definition) is 1. The van der Waals surface area contributed by atoms with E-state index in [0.717, 1.165) is 16.7 Å². The average molecular weight is 280 g/mol. The minimum Gasteiger partial charge on any atom is -0.398 e. The minimum absolute atomic E-state index is 0.206. The molecular weight excluding hydrogens is 264 g/mol. The van der Waals surface area contributed by atoms with Gasteiger partial charge in [-0.3, -0.25) is 14.5 Å². The van der Waals surface area contributed by atoms with Crippen molar-refractivity contribution in [2.75, 3.05) is 5.73 Å². The molecule has 106 valence electrons. The second-order valence-electron chi connectivity index (χ2n) is 5.34. The third-order valence-corrected chi connectivity index (χ3v) is 3.92. The lowest BCUT2D eigenvalue weighted by molar-refractivity contribution is 0.0642. The highest BCUT2D eigenvalue weighted by molar-refractivity contribution is 6.22. The quantitative estimate of drug-likeness (QED) is 0.679. The van der Waals surface area contributed by atoms with E-state index in [0.29, 0.717) is 16.8 Å². The van der Waals surface area contributed by atoms with Gasteiger partial charge in [0, 0.05) is 5.69 Å². The maximum atomic E-state index is 12.6. The number of nitrogens with zero attached hydrogens (tertiary/aromatic N) is 1. The number of carbonyl (C=O) groups is 2. The van der Waals surface area contributed by atoms with Gasteiger partial charge < -0.3 is 5.73 Å². The van der Waals surface area contributed by atoms with Crippen LogP contribution in [0.25, 0.3) is 0 Å². The van der Waals surface area contributed by atoms with Crippen LogP contribution < -0.4 is 5.73 Å². The fourth-order valence-electron chi connectivity index (χ4n) is 2.72. The molecule has 0 saturated heterocycles. The van der Waals surface area contributed by atoms with Crippen molar-refractivity contribution in [1.82, 2.24) is 4.90 Å². The molecule has 0 saturated carbocycles. The van der Waals surface area contributed by atoms with E-state index in [-0.39, 0.29) is 18.4 Å². The molecule has 1 heterocycles. The Morgan fingerprint density at radius 2 is 1.43 bits per heavy atom. The molecule has 0 aliphatic carbocycles. The second-order valence-corrected chi connectivity index (χ2v) is 5.34. The Bertz CT molecular complexity index is 724. The Morgan fingerprint density at radius 1 is 0.905 bits per heavy atom. The van der Waals surface area contributed by atoms with Crippen molar-refractivity contribution in [2.45, 2.75) is 20.4 Å². The van der Waals surface area contributed by atoms with Gasteiger partial charge in [0.25, 0.3) is 11.8 Å². The lowest BCUT2D eigenvalue weighted by Gasteiger charge is -2.15. The van der Waals surface area contributed by atoms with Crippen molar-refractivity contribution in [3.05, 3.63) is 64.2 Å². The number of aryl methyl sites for hydroxylation is 2. The Balaban J connectivity index is 2.03. The normalized spacial score (nSPS) is 13.7. The van der Waals surface area contributed by atoms with Crippen LogP contribution >= 0.6 is 0 Å². The number of fused-ring (bicyclic) bond motifs is 1. The zero-order valence-electron chi connectivity index (χ0n) is 12.0. The van der Waals surface area contributed by atoms with Gasteiger partial charge >= 0.3 is 0 Å². The first-order chi connectivity index (χ1) is 10.0. The van der Waals surface area contributed by atoms with Crippen molar-refractivity contribution in [3.8, 4) is 0 Å². The fraction of sp³-hybridized carbons (Fsp3) is 0.176. The number of benzene rings is 2. The monoisotopic (exact) mass is 280 g/mol. The summed E-state index contributed by atoms with van der Waals surface area (Å²) < 4.78 is 0. The molecule has 0 bridgehead atoms. The summed E-state index contributed by atoms with van der Waals surface area (Å²) in [6.07, 6.45) is 0. The smallest absolute Gasteiger partial charge is 0.262 e. The van der Waals surface area contributed by atoms with E-state index < -0.39 is 0 Å². The lowest BCUT2D eigenvalue weighted by atomic mass is 9.99. The summed E-state index contributed by atoms with van der Waals surface area (Å²) >= 11 is 0. The third-order valence-electron chi connectivity index (χ3n) is 3.92. The zero-order chi connectivity index (χ0) is 15.1. The number of hydrogen-bond acceptors (Lipinski definition) is 3. The SMILES string of the molecule is Cc1ccc(C)c2c1C(=O)N(Cc1ccccc1N)C2=O. The van der Waals surface area contributed by atoms with Crippen LogP contribution in [-0.4, -0.2) is 16.7 Å². The van der Waals surface area contributed by atoms with Crippen LogP contribution in [0.15, 0.2) is 36.4 Å². The Kier molecular flexibility index (Phi) is 3.01. The number of carbonyl (C=O) groups excluding carboxylic acids is 2. The number of imide groups is 1. The van der Waals surface area contributed by atoms with Gasteiger partial charge in [0.05, 0.1) is 17.7 Å². The molecule has 0 spiro atoms. The maximum absolute atomic E-state index is 12.6. The van der Waals surface area contributed by atoms with E-state index in [1.165, 1.54) is 4.90 Å². The van der Waals surface area contributed by atoms with Crippen molar-refractivity contribution < 1.29 is 9.59 Å². The highest BCUT2D eigenvalue weighted by Gasteiger charge is 2.37. The molecule has 1 aliphatic heterocycles. The molecule has 1 aliphatic rings. The van der Waals surface area contributed by atoms with E-state index in [1.807, 2.05) is 44.2 Å². The van der Waals surface area contributed by atoms with Gasteiger partial charge in [0.15, 0.2) is 0 Å². The van der Waals surface area contributed by atoms with E-state index in [1.54, 1.807) is 6.07 Å². The number of nitrogens with two attached hydrogens (primary N) is 1. The van der Waals surface area contributed by atoms with Crippen LogP contribution in [0.1, 0.15) is 37.4 Å². The Labute approximate surface area is 123 Å². The molecule has 0 unspecified atom stereocenters. The lowest BCUT2D eigenvalue weighted by Crippen LogP contribution is -2.29. The van der Waals surface area contributed by atoms with Gasteiger partial charge in [-0.25, -0.2) is 0 Å².